The molecule has 0 saturated carbocycles. The number of benzene rings is 1. The van der Waals surface area contributed by atoms with Gasteiger partial charge in [0.25, 0.3) is 0 Å². The molecule has 1 atom stereocenters. The van der Waals surface area contributed by atoms with Crippen LogP contribution in [0.5, 0.6) is 11.5 Å². The summed E-state index contributed by atoms with van der Waals surface area (Å²) in [7, 11) is 0. The highest BCUT2D eigenvalue weighted by Gasteiger charge is 2.30. The van der Waals surface area contributed by atoms with Crippen LogP contribution in [0.4, 0.5) is 0 Å². The fraction of sp³-hybridized carbons (Fsp3) is 0.632. The second kappa shape index (κ2) is 8.15. The lowest BCUT2D eigenvalue weighted by Crippen LogP contribution is -2.48. The quantitative estimate of drug-likeness (QED) is 0.744. The summed E-state index contributed by atoms with van der Waals surface area (Å²) in [4.78, 5) is 17.2. The van der Waals surface area contributed by atoms with Crippen LogP contribution in [0, 0.1) is 5.92 Å². The Morgan fingerprint density at radius 1 is 1.08 bits per heavy atom. The highest BCUT2D eigenvalue weighted by atomic mass is 79.9. The molecule has 0 bridgehead atoms. The molecule has 2 fully saturated rings. The Bertz CT molecular complexity index is 663. The third-order valence-corrected chi connectivity index (χ3v) is 6.02. The van der Waals surface area contributed by atoms with Gasteiger partial charge in [-0.3, -0.25) is 9.69 Å². The summed E-state index contributed by atoms with van der Waals surface area (Å²) < 4.78 is 17.7. The van der Waals surface area contributed by atoms with Gasteiger partial charge >= 0.3 is 0 Å². The van der Waals surface area contributed by atoms with E-state index in [1.165, 1.54) is 5.56 Å². The lowest BCUT2D eigenvalue weighted by Gasteiger charge is -2.36. The first-order chi connectivity index (χ1) is 12.7. The maximum absolute atomic E-state index is 12.8. The summed E-state index contributed by atoms with van der Waals surface area (Å²) >= 11 is 3.66. The van der Waals surface area contributed by atoms with Crippen molar-refractivity contribution in [2.45, 2.75) is 19.4 Å². The highest BCUT2D eigenvalue weighted by Crippen LogP contribution is 2.36. The summed E-state index contributed by atoms with van der Waals surface area (Å²) in [6.07, 6.45) is 2.04. The van der Waals surface area contributed by atoms with Gasteiger partial charge in [-0.15, -0.1) is 0 Å². The van der Waals surface area contributed by atoms with Gasteiger partial charge in [-0.05, 0) is 37.1 Å². The molecular formula is C19H25BrN2O4. The van der Waals surface area contributed by atoms with Crippen LogP contribution in [0.15, 0.2) is 16.6 Å². The van der Waals surface area contributed by atoms with E-state index in [1.54, 1.807) is 0 Å². The lowest BCUT2D eigenvalue weighted by atomic mass is 9.96. The van der Waals surface area contributed by atoms with E-state index in [1.807, 2.05) is 11.0 Å². The molecule has 1 unspecified atom stereocenters. The maximum atomic E-state index is 12.8. The van der Waals surface area contributed by atoms with Crippen LogP contribution >= 0.6 is 15.9 Å². The monoisotopic (exact) mass is 424 g/mol. The average molecular weight is 425 g/mol. The topological polar surface area (TPSA) is 51.2 Å². The van der Waals surface area contributed by atoms with Crippen molar-refractivity contribution in [3.05, 3.63) is 22.2 Å². The van der Waals surface area contributed by atoms with Crippen molar-refractivity contribution in [2.24, 2.45) is 5.92 Å². The molecule has 3 aliphatic rings. The Kier molecular flexibility index (Phi) is 5.66. The number of rotatable bonds is 3. The van der Waals surface area contributed by atoms with Crippen LogP contribution in [-0.4, -0.2) is 68.3 Å². The van der Waals surface area contributed by atoms with E-state index >= 15 is 0 Å². The summed E-state index contributed by atoms with van der Waals surface area (Å²) in [6.45, 7) is 6.60. The third kappa shape index (κ3) is 4.00. The van der Waals surface area contributed by atoms with Crippen LogP contribution in [0.3, 0.4) is 0 Å². The molecule has 4 rings (SSSR count). The van der Waals surface area contributed by atoms with E-state index < -0.39 is 0 Å². The molecule has 0 aromatic heterocycles. The summed E-state index contributed by atoms with van der Waals surface area (Å²) in [5.74, 6) is 2.00. The van der Waals surface area contributed by atoms with Gasteiger partial charge in [0, 0.05) is 30.7 Å². The van der Waals surface area contributed by atoms with Gasteiger partial charge in [0.1, 0.15) is 13.2 Å². The van der Waals surface area contributed by atoms with Crippen molar-refractivity contribution in [1.82, 2.24) is 9.80 Å². The second-order valence-corrected chi connectivity index (χ2v) is 7.95. The Hall–Kier alpha value is -1.31. The number of hydrogen-bond acceptors (Lipinski definition) is 5. The normalized spacial score (nSPS) is 23.7. The van der Waals surface area contributed by atoms with E-state index in [-0.39, 0.29) is 5.92 Å². The molecule has 3 aliphatic heterocycles. The molecule has 0 N–H and O–H groups in total. The van der Waals surface area contributed by atoms with Crippen LogP contribution in [0.25, 0.3) is 0 Å². The van der Waals surface area contributed by atoms with Gasteiger partial charge in [0.15, 0.2) is 11.5 Å². The van der Waals surface area contributed by atoms with Gasteiger partial charge in [-0.1, -0.05) is 15.9 Å². The molecule has 0 spiro atoms. The minimum Gasteiger partial charge on any atom is -0.486 e. The zero-order chi connectivity index (χ0) is 17.9. The molecule has 1 aromatic carbocycles. The van der Waals surface area contributed by atoms with Crippen LogP contribution in [-0.2, 0) is 16.1 Å². The van der Waals surface area contributed by atoms with Gasteiger partial charge in [-0.2, -0.15) is 0 Å². The number of nitrogens with zero attached hydrogens (tertiary/aromatic N) is 2. The first-order valence-corrected chi connectivity index (χ1v) is 10.2. The first kappa shape index (κ1) is 18.1. The molecule has 3 heterocycles. The fourth-order valence-corrected chi connectivity index (χ4v) is 4.36. The summed E-state index contributed by atoms with van der Waals surface area (Å²) in [5, 5.41) is 0. The van der Waals surface area contributed by atoms with Crippen LogP contribution < -0.4 is 9.47 Å². The average Bonchev–Trinajstić information content (AvgIpc) is 2.69. The fourth-order valence-electron chi connectivity index (χ4n) is 3.91. The molecule has 1 aromatic rings. The largest absolute Gasteiger partial charge is 0.486 e. The lowest BCUT2D eigenvalue weighted by molar-refractivity contribution is -0.141. The van der Waals surface area contributed by atoms with Gasteiger partial charge < -0.3 is 19.1 Å². The predicted octanol–water partition coefficient (Wildman–Crippen LogP) is 2.29. The number of halogens is 1. The number of carbonyl (C=O) groups excluding carboxylic acids is 1. The van der Waals surface area contributed by atoms with Crippen molar-refractivity contribution in [3.63, 3.8) is 0 Å². The van der Waals surface area contributed by atoms with E-state index in [0.29, 0.717) is 32.3 Å². The zero-order valence-corrected chi connectivity index (χ0v) is 16.5. The van der Waals surface area contributed by atoms with Crippen molar-refractivity contribution >= 4 is 21.8 Å². The number of fused-ring (bicyclic) bond motifs is 1. The van der Waals surface area contributed by atoms with Crippen molar-refractivity contribution in [2.75, 3.05) is 52.6 Å². The molecule has 7 heteroatoms. The summed E-state index contributed by atoms with van der Waals surface area (Å²) in [5.41, 5.74) is 1.17. The van der Waals surface area contributed by atoms with Crippen molar-refractivity contribution < 1.29 is 19.0 Å². The summed E-state index contributed by atoms with van der Waals surface area (Å²) in [6, 6.07) is 4.05. The van der Waals surface area contributed by atoms with E-state index in [9.17, 15) is 4.79 Å². The predicted molar refractivity (Wildman–Crippen MR) is 101 cm³/mol. The number of amides is 1. The molecule has 142 valence electrons. The Balaban J connectivity index is 1.41. The minimum atomic E-state index is 0.0952. The third-order valence-electron chi connectivity index (χ3n) is 5.28. The molecule has 6 nitrogen and oxygen atoms in total. The zero-order valence-electron chi connectivity index (χ0n) is 14.9. The molecular weight excluding hydrogens is 400 g/mol. The highest BCUT2D eigenvalue weighted by molar-refractivity contribution is 9.10. The van der Waals surface area contributed by atoms with Gasteiger partial charge in [-0.25, -0.2) is 0 Å². The first-order valence-electron chi connectivity index (χ1n) is 9.37. The van der Waals surface area contributed by atoms with Crippen LogP contribution in [0.2, 0.25) is 0 Å². The molecule has 0 radical (unpaired) electrons. The number of hydrogen-bond donors (Lipinski definition) is 0. The van der Waals surface area contributed by atoms with E-state index in [2.05, 4.69) is 26.9 Å². The molecule has 1 amide bonds. The Labute approximate surface area is 162 Å². The van der Waals surface area contributed by atoms with Crippen LogP contribution in [0.1, 0.15) is 18.4 Å². The Morgan fingerprint density at radius 2 is 1.81 bits per heavy atom. The SMILES string of the molecule is O=C(C1CCCN(Cc2cc3c(cc2Br)OCCO3)C1)N1CCOCC1. The number of ether oxygens (including phenoxy) is 3. The number of piperidine rings is 1. The second-order valence-electron chi connectivity index (χ2n) is 7.10. The molecule has 2 saturated heterocycles. The maximum Gasteiger partial charge on any atom is 0.227 e. The van der Waals surface area contributed by atoms with Crippen molar-refractivity contribution in [3.8, 4) is 11.5 Å². The smallest absolute Gasteiger partial charge is 0.227 e. The molecule has 0 aliphatic carbocycles. The Morgan fingerprint density at radius 3 is 2.58 bits per heavy atom. The standard InChI is InChI=1S/C19H25BrN2O4/c20-16-11-18-17(25-8-9-26-18)10-15(16)13-21-3-1-2-14(12-21)19(23)22-4-6-24-7-5-22/h10-11,14H,1-9,12-13H2. The van der Waals surface area contributed by atoms with Gasteiger partial charge in [0.2, 0.25) is 5.91 Å². The molecule has 26 heavy (non-hydrogen) atoms. The van der Waals surface area contributed by atoms with Crippen molar-refractivity contribution in [1.29, 1.82) is 0 Å². The number of carbonyl (C=O) groups is 1. The number of morpholine rings is 1. The number of likely N-dealkylation sites (tertiary alicyclic amines) is 1. The minimum absolute atomic E-state index is 0.0952. The van der Waals surface area contributed by atoms with E-state index in [4.69, 9.17) is 14.2 Å². The van der Waals surface area contributed by atoms with E-state index in [0.717, 1.165) is 61.5 Å². The van der Waals surface area contributed by atoms with Gasteiger partial charge in [0.05, 0.1) is 19.1 Å².